The molecule has 0 aromatic carbocycles. The zero-order valence-corrected chi connectivity index (χ0v) is 12.3. The van der Waals surface area contributed by atoms with Gasteiger partial charge in [0, 0.05) is 18.9 Å². The van der Waals surface area contributed by atoms with Gasteiger partial charge in [-0.15, -0.1) is 0 Å². The normalized spacial score (nSPS) is 10.2. The number of carbonyl (C=O) groups excluding carboxylic acids is 1. The Morgan fingerprint density at radius 1 is 1.55 bits per heavy atom. The number of H-pyrrole nitrogens is 1. The molecule has 0 unspecified atom stereocenters. The van der Waals surface area contributed by atoms with Crippen molar-refractivity contribution in [1.29, 1.82) is 0 Å². The van der Waals surface area contributed by atoms with E-state index in [1.807, 2.05) is 6.07 Å². The molecule has 0 spiro atoms. The maximum absolute atomic E-state index is 11.7. The van der Waals surface area contributed by atoms with Crippen LogP contribution in [-0.4, -0.2) is 25.8 Å². The number of hydrogen-bond donors (Lipinski definition) is 2. The Hall–Kier alpha value is -2.04. The molecule has 0 aliphatic carbocycles. The molecule has 0 bridgehead atoms. The molecule has 2 aromatic rings. The summed E-state index contributed by atoms with van der Waals surface area (Å²) in [7, 11) is 0. The molecule has 0 atom stereocenters. The molecule has 1 amide bonds. The van der Waals surface area contributed by atoms with Gasteiger partial charge < -0.3 is 15.4 Å². The Labute approximate surface area is 127 Å². The average molecular weight is 387 g/mol. The van der Waals surface area contributed by atoms with E-state index in [1.165, 1.54) is 0 Å². The number of halogens is 1. The smallest absolute Gasteiger partial charge is 0.354 e. The van der Waals surface area contributed by atoms with Gasteiger partial charge in [-0.05, 0) is 39.1 Å². The van der Waals surface area contributed by atoms with Crippen molar-refractivity contribution in [1.82, 2.24) is 20.3 Å². The first-order chi connectivity index (χ1) is 9.56. The van der Waals surface area contributed by atoms with Crippen molar-refractivity contribution >= 4 is 34.3 Å². The lowest BCUT2D eigenvalue weighted by atomic mass is 10.3. The minimum atomic E-state index is -0.564. The predicted molar refractivity (Wildman–Crippen MR) is 77.7 cm³/mol. The number of hydrogen-bond acceptors (Lipinski definition) is 5. The van der Waals surface area contributed by atoms with Crippen molar-refractivity contribution in [2.75, 3.05) is 0 Å². The Balaban J connectivity index is 1.92. The standard InChI is InChI=1S/C11H10IN5O3/c12-10-11(17(19)20)16-8(15-10)4-9(18)14-6-7-2-1-3-13-5-7/h1-3,5H,4,6H2,(H,14,18)(H,15,16). The van der Waals surface area contributed by atoms with Gasteiger partial charge in [-0.1, -0.05) is 6.07 Å². The molecule has 2 aromatic heterocycles. The molecule has 2 rings (SSSR count). The summed E-state index contributed by atoms with van der Waals surface area (Å²) < 4.78 is 0.239. The SMILES string of the molecule is O=C(Cc1nc(I)c([N+](=O)[O-])[nH]1)NCc1cccnc1. The van der Waals surface area contributed by atoms with E-state index in [9.17, 15) is 14.9 Å². The second-order valence-corrected chi connectivity index (χ2v) is 4.92. The number of imidazole rings is 1. The fourth-order valence-corrected chi connectivity index (χ4v) is 2.13. The molecular formula is C11H10IN5O3. The van der Waals surface area contributed by atoms with Crippen LogP contribution in [0.25, 0.3) is 0 Å². The highest BCUT2D eigenvalue weighted by molar-refractivity contribution is 14.1. The van der Waals surface area contributed by atoms with Crippen LogP contribution in [0.5, 0.6) is 0 Å². The first kappa shape index (κ1) is 14.4. The van der Waals surface area contributed by atoms with Crippen LogP contribution in [0, 0.1) is 13.8 Å². The predicted octanol–water partition coefficient (Wildman–Crippen LogP) is 1.18. The molecule has 0 radical (unpaired) electrons. The molecule has 20 heavy (non-hydrogen) atoms. The molecule has 0 aliphatic heterocycles. The summed E-state index contributed by atoms with van der Waals surface area (Å²) >= 11 is 1.75. The summed E-state index contributed by atoms with van der Waals surface area (Å²) in [5, 5.41) is 13.3. The number of carbonyl (C=O) groups is 1. The summed E-state index contributed by atoms with van der Waals surface area (Å²) in [5.74, 6) is -0.195. The summed E-state index contributed by atoms with van der Waals surface area (Å²) in [4.78, 5) is 32.2. The Kier molecular flexibility index (Phi) is 4.61. The highest BCUT2D eigenvalue weighted by atomic mass is 127. The van der Waals surface area contributed by atoms with Gasteiger partial charge in [0.25, 0.3) is 0 Å². The number of nitro groups is 1. The number of rotatable bonds is 5. The summed E-state index contributed by atoms with van der Waals surface area (Å²) in [5.41, 5.74) is 0.876. The van der Waals surface area contributed by atoms with E-state index in [0.29, 0.717) is 6.54 Å². The molecule has 9 heteroatoms. The summed E-state index contributed by atoms with van der Waals surface area (Å²) in [6.07, 6.45) is 3.26. The van der Waals surface area contributed by atoms with Gasteiger partial charge >= 0.3 is 5.82 Å². The van der Waals surface area contributed by atoms with E-state index in [1.54, 1.807) is 41.1 Å². The maximum atomic E-state index is 11.7. The summed E-state index contributed by atoms with van der Waals surface area (Å²) in [6, 6.07) is 3.62. The zero-order valence-electron chi connectivity index (χ0n) is 10.2. The number of nitrogens with one attached hydrogen (secondary N) is 2. The van der Waals surface area contributed by atoms with E-state index in [0.717, 1.165) is 5.56 Å². The van der Waals surface area contributed by atoms with Crippen LogP contribution >= 0.6 is 22.6 Å². The van der Waals surface area contributed by atoms with Gasteiger partial charge in [0.2, 0.25) is 11.7 Å². The van der Waals surface area contributed by atoms with Crippen molar-refractivity contribution in [3.63, 3.8) is 0 Å². The first-order valence-electron chi connectivity index (χ1n) is 5.60. The van der Waals surface area contributed by atoms with Crippen LogP contribution in [0.2, 0.25) is 0 Å². The zero-order chi connectivity index (χ0) is 14.5. The largest absolute Gasteiger partial charge is 0.358 e. The molecular weight excluding hydrogens is 377 g/mol. The third kappa shape index (κ3) is 3.73. The van der Waals surface area contributed by atoms with Gasteiger partial charge in [-0.25, -0.2) is 4.98 Å². The van der Waals surface area contributed by atoms with Crippen molar-refractivity contribution in [3.05, 3.63) is 49.7 Å². The fraction of sp³-hybridized carbons (Fsp3) is 0.182. The highest BCUT2D eigenvalue weighted by Gasteiger charge is 2.19. The quantitative estimate of drug-likeness (QED) is 0.454. The molecule has 0 saturated heterocycles. The van der Waals surface area contributed by atoms with Crippen LogP contribution < -0.4 is 5.32 Å². The topological polar surface area (TPSA) is 114 Å². The van der Waals surface area contributed by atoms with E-state index < -0.39 is 4.92 Å². The summed E-state index contributed by atoms with van der Waals surface area (Å²) in [6.45, 7) is 0.354. The Morgan fingerprint density at radius 2 is 2.35 bits per heavy atom. The molecule has 0 aliphatic rings. The third-order valence-electron chi connectivity index (χ3n) is 2.41. The van der Waals surface area contributed by atoms with Gasteiger partial charge in [-0.3, -0.25) is 9.78 Å². The van der Waals surface area contributed by atoms with Gasteiger partial charge in [0.15, 0.2) is 3.70 Å². The molecule has 8 nitrogen and oxygen atoms in total. The lowest BCUT2D eigenvalue weighted by molar-refractivity contribution is -0.390. The number of nitrogens with zero attached hydrogens (tertiary/aromatic N) is 3. The minimum Gasteiger partial charge on any atom is -0.358 e. The van der Waals surface area contributed by atoms with Crippen molar-refractivity contribution in [3.8, 4) is 0 Å². The van der Waals surface area contributed by atoms with Crippen LogP contribution in [-0.2, 0) is 17.8 Å². The molecule has 2 heterocycles. The van der Waals surface area contributed by atoms with Gasteiger partial charge in [0.05, 0.1) is 0 Å². The van der Waals surface area contributed by atoms with Crippen LogP contribution in [0.15, 0.2) is 24.5 Å². The number of pyridine rings is 1. The van der Waals surface area contributed by atoms with E-state index in [4.69, 9.17) is 0 Å². The first-order valence-corrected chi connectivity index (χ1v) is 6.68. The maximum Gasteiger partial charge on any atom is 0.354 e. The molecule has 2 N–H and O–H groups in total. The van der Waals surface area contributed by atoms with E-state index in [-0.39, 0.29) is 27.7 Å². The molecule has 0 fully saturated rings. The van der Waals surface area contributed by atoms with Crippen molar-refractivity contribution in [2.45, 2.75) is 13.0 Å². The monoisotopic (exact) mass is 387 g/mol. The molecule has 104 valence electrons. The van der Waals surface area contributed by atoms with Gasteiger partial charge in [0.1, 0.15) is 6.42 Å². The number of aromatic nitrogens is 3. The van der Waals surface area contributed by atoms with E-state index >= 15 is 0 Å². The van der Waals surface area contributed by atoms with Crippen molar-refractivity contribution < 1.29 is 9.72 Å². The lowest BCUT2D eigenvalue weighted by Crippen LogP contribution is -2.25. The molecule has 0 saturated carbocycles. The van der Waals surface area contributed by atoms with Crippen molar-refractivity contribution in [2.24, 2.45) is 0 Å². The van der Waals surface area contributed by atoms with Crippen LogP contribution in [0.1, 0.15) is 11.4 Å². The Bertz CT molecular complexity index is 628. The third-order valence-corrected chi connectivity index (χ3v) is 3.17. The number of aromatic amines is 1. The highest BCUT2D eigenvalue weighted by Crippen LogP contribution is 2.17. The van der Waals surface area contributed by atoms with Crippen LogP contribution in [0.3, 0.4) is 0 Å². The Morgan fingerprint density at radius 3 is 2.95 bits per heavy atom. The van der Waals surface area contributed by atoms with E-state index in [2.05, 4.69) is 20.3 Å². The second kappa shape index (κ2) is 6.41. The minimum absolute atomic E-state index is 0.0376. The lowest BCUT2D eigenvalue weighted by Gasteiger charge is -2.02. The second-order valence-electron chi connectivity index (χ2n) is 3.89. The van der Waals surface area contributed by atoms with Gasteiger partial charge in [-0.2, -0.15) is 4.98 Å². The fourth-order valence-electron chi connectivity index (χ4n) is 1.51. The number of amides is 1. The average Bonchev–Trinajstić information content (AvgIpc) is 2.78. The van der Waals surface area contributed by atoms with Crippen LogP contribution in [0.4, 0.5) is 5.82 Å².